The second-order valence-corrected chi connectivity index (χ2v) is 7.72. The molecule has 4 N–H and O–H groups in total. The molecule has 1 aliphatic rings. The Morgan fingerprint density at radius 2 is 1.62 bits per heavy atom. The second kappa shape index (κ2) is 10.8. The van der Waals surface area contributed by atoms with Gasteiger partial charge in [-0.3, -0.25) is 4.79 Å². The number of nitrogens with one attached hydrogen (secondary N) is 2. The van der Waals surface area contributed by atoms with Gasteiger partial charge < -0.3 is 25.6 Å². The molecule has 0 spiro atoms. The summed E-state index contributed by atoms with van der Waals surface area (Å²) in [4.78, 5) is 35.9. The number of aliphatic hydroxyl groups is 1. The summed E-state index contributed by atoms with van der Waals surface area (Å²) in [6.45, 7) is 1.60. The maximum atomic E-state index is 12.4. The molecule has 0 bridgehead atoms. The van der Waals surface area contributed by atoms with Crippen molar-refractivity contribution in [3.63, 3.8) is 0 Å². The van der Waals surface area contributed by atoms with E-state index in [1.807, 2.05) is 36.4 Å². The molecule has 2 atom stereocenters. The maximum absolute atomic E-state index is 12.4. The molecule has 0 fully saturated rings. The molecule has 8 nitrogen and oxygen atoms in total. The van der Waals surface area contributed by atoms with Gasteiger partial charge in [-0.1, -0.05) is 55.5 Å². The molecule has 2 amide bonds. The van der Waals surface area contributed by atoms with E-state index in [4.69, 9.17) is 14.9 Å². The van der Waals surface area contributed by atoms with E-state index in [1.165, 1.54) is 0 Å². The average Bonchev–Trinajstić information content (AvgIpc) is 3.11. The molecule has 0 heterocycles. The van der Waals surface area contributed by atoms with Crippen LogP contribution < -0.4 is 10.6 Å². The Balaban J connectivity index is 1.55. The van der Waals surface area contributed by atoms with Crippen LogP contribution in [0.1, 0.15) is 36.8 Å². The van der Waals surface area contributed by atoms with Crippen molar-refractivity contribution in [2.24, 2.45) is 5.92 Å². The van der Waals surface area contributed by atoms with Gasteiger partial charge in [-0.2, -0.15) is 0 Å². The minimum absolute atomic E-state index is 0.0183. The van der Waals surface area contributed by atoms with E-state index in [0.29, 0.717) is 6.42 Å². The number of carboxylic acids is 1. The summed E-state index contributed by atoms with van der Waals surface area (Å²) in [5, 5.41) is 23.1. The molecule has 0 radical (unpaired) electrons. The van der Waals surface area contributed by atoms with Crippen LogP contribution in [0.4, 0.5) is 4.79 Å². The number of fused-ring (bicyclic) bond motifs is 3. The van der Waals surface area contributed by atoms with Gasteiger partial charge in [0.2, 0.25) is 5.91 Å². The molecule has 0 aromatic heterocycles. The molecule has 170 valence electrons. The first-order valence-electron chi connectivity index (χ1n) is 10.7. The Labute approximate surface area is 186 Å². The molecule has 0 aliphatic heterocycles. The van der Waals surface area contributed by atoms with Gasteiger partial charge in [0.25, 0.3) is 0 Å². The molecule has 0 saturated carbocycles. The highest BCUT2D eigenvalue weighted by Gasteiger charge is 2.29. The largest absolute Gasteiger partial charge is 0.480 e. The van der Waals surface area contributed by atoms with Crippen molar-refractivity contribution in [2.45, 2.75) is 31.7 Å². The van der Waals surface area contributed by atoms with Crippen molar-refractivity contribution in [3.05, 3.63) is 59.7 Å². The number of carbonyl (C=O) groups excluding carboxylic acids is 2. The van der Waals surface area contributed by atoms with Crippen LogP contribution in [0.25, 0.3) is 11.1 Å². The summed E-state index contributed by atoms with van der Waals surface area (Å²) < 4.78 is 5.46. The highest BCUT2D eigenvalue weighted by molar-refractivity contribution is 5.85. The number of aliphatic hydroxyl groups excluding tert-OH is 1. The van der Waals surface area contributed by atoms with Gasteiger partial charge in [0.15, 0.2) is 0 Å². The molecule has 3 rings (SSSR count). The molecular weight excluding hydrogens is 412 g/mol. The number of amides is 2. The minimum Gasteiger partial charge on any atom is -0.480 e. The molecule has 32 heavy (non-hydrogen) atoms. The molecule has 1 unspecified atom stereocenters. The standard InChI is InChI=1S/C24H28N2O6/c1-2-15(22(28)26-21(11-12-27)23(29)30)13-25-24(31)32-14-20-18-9-5-3-7-16(18)17-8-4-6-10-19(17)20/h3-10,15,20-21,27H,2,11-14H2,1H3,(H,25,31)(H,26,28)(H,29,30)/t15?,21-/m1/s1. The fourth-order valence-electron chi connectivity index (χ4n) is 3.95. The van der Waals surface area contributed by atoms with Crippen LogP contribution in [0, 0.1) is 5.92 Å². The van der Waals surface area contributed by atoms with E-state index < -0.39 is 29.9 Å². The first-order chi connectivity index (χ1) is 15.5. The Morgan fingerprint density at radius 1 is 1.03 bits per heavy atom. The predicted octanol–water partition coefficient (Wildman–Crippen LogP) is 2.50. The molecular formula is C24H28N2O6. The first kappa shape index (κ1) is 23.3. The predicted molar refractivity (Wildman–Crippen MR) is 118 cm³/mol. The van der Waals surface area contributed by atoms with Gasteiger partial charge in [0.05, 0.1) is 5.92 Å². The van der Waals surface area contributed by atoms with Gasteiger partial charge >= 0.3 is 12.1 Å². The van der Waals surface area contributed by atoms with Crippen molar-refractivity contribution >= 4 is 18.0 Å². The van der Waals surface area contributed by atoms with E-state index in [-0.39, 0.29) is 32.1 Å². The van der Waals surface area contributed by atoms with Crippen LogP contribution in [0.5, 0.6) is 0 Å². The van der Waals surface area contributed by atoms with Crippen molar-refractivity contribution in [1.29, 1.82) is 0 Å². The molecule has 8 heteroatoms. The molecule has 0 saturated heterocycles. The third kappa shape index (κ3) is 5.26. The van der Waals surface area contributed by atoms with E-state index >= 15 is 0 Å². The summed E-state index contributed by atoms with van der Waals surface area (Å²) in [5.41, 5.74) is 4.48. The van der Waals surface area contributed by atoms with Gasteiger partial charge in [-0.05, 0) is 28.7 Å². The third-order valence-corrected chi connectivity index (χ3v) is 5.73. The summed E-state index contributed by atoms with van der Waals surface area (Å²) >= 11 is 0. The average molecular weight is 440 g/mol. The van der Waals surface area contributed by atoms with E-state index in [9.17, 15) is 14.4 Å². The molecule has 2 aromatic rings. The normalized spacial score (nSPS) is 14.1. The lowest BCUT2D eigenvalue weighted by Gasteiger charge is -2.20. The number of alkyl carbamates (subject to hydrolysis) is 1. The summed E-state index contributed by atoms with van der Waals surface area (Å²) in [5.74, 6) is -2.39. The topological polar surface area (TPSA) is 125 Å². The highest BCUT2D eigenvalue weighted by atomic mass is 16.5. The fraction of sp³-hybridized carbons (Fsp3) is 0.375. The second-order valence-electron chi connectivity index (χ2n) is 7.72. The Bertz CT molecular complexity index is 931. The lowest BCUT2D eigenvalue weighted by molar-refractivity contribution is -0.142. The SMILES string of the molecule is CCC(CNC(=O)OCC1c2ccccc2-c2ccccc21)C(=O)N[C@H](CCO)C(=O)O. The fourth-order valence-corrected chi connectivity index (χ4v) is 3.95. The number of ether oxygens (including phenoxy) is 1. The minimum atomic E-state index is -1.22. The van der Waals surface area contributed by atoms with E-state index in [0.717, 1.165) is 22.3 Å². The number of benzene rings is 2. The van der Waals surface area contributed by atoms with Crippen LogP contribution in [0.15, 0.2) is 48.5 Å². The van der Waals surface area contributed by atoms with Crippen LogP contribution in [0.2, 0.25) is 0 Å². The van der Waals surface area contributed by atoms with Crippen LogP contribution in [0.3, 0.4) is 0 Å². The van der Waals surface area contributed by atoms with Crippen molar-refractivity contribution in [1.82, 2.24) is 10.6 Å². The van der Waals surface area contributed by atoms with Gasteiger partial charge in [0.1, 0.15) is 12.6 Å². The maximum Gasteiger partial charge on any atom is 0.407 e. The number of aliphatic carboxylic acids is 1. The van der Waals surface area contributed by atoms with Crippen LogP contribution in [-0.4, -0.2) is 54.0 Å². The highest BCUT2D eigenvalue weighted by Crippen LogP contribution is 2.44. The number of hydrogen-bond donors (Lipinski definition) is 4. The number of rotatable bonds is 10. The van der Waals surface area contributed by atoms with Crippen molar-refractivity contribution in [2.75, 3.05) is 19.8 Å². The van der Waals surface area contributed by atoms with E-state index in [1.54, 1.807) is 6.92 Å². The van der Waals surface area contributed by atoms with Gasteiger partial charge in [0, 0.05) is 25.5 Å². The lowest BCUT2D eigenvalue weighted by Crippen LogP contribution is -2.46. The zero-order valence-electron chi connectivity index (χ0n) is 17.9. The summed E-state index contributed by atoms with van der Waals surface area (Å²) in [7, 11) is 0. The first-order valence-corrected chi connectivity index (χ1v) is 10.7. The third-order valence-electron chi connectivity index (χ3n) is 5.73. The van der Waals surface area contributed by atoms with Crippen LogP contribution >= 0.6 is 0 Å². The zero-order chi connectivity index (χ0) is 23.1. The Hall–Kier alpha value is -3.39. The smallest absolute Gasteiger partial charge is 0.407 e. The lowest BCUT2D eigenvalue weighted by atomic mass is 9.98. The van der Waals surface area contributed by atoms with Gasteiger partial charge in [-0.15, -0.1) is 0 Å². The Morgan fingerprint density at radius 3 is 2.16 bits per heavy atom. The number of carbonyl (C=O) groups is 3. The van der Waals surface area contributed by atoms with Crippen LogP contribution in [-0.2, 0) is 14.3 Å². The zero-order valence-corrected chi connectivity index (χ0v) is 17.9. The quantitative estimate of drug-likeness (QED) is 0.450. The Kier molecular flexibility index (Phi) is 7.83. The van der Waals surface area contributed by atoms with E-state index in [2.05, 4.69) is 22.8 Å². The molecule has 2 aromatic carbocycles. The van der Waals surface area contributed by atoms with Crippen molar-refractivity contribution in [3.8, 4) is 11.1 Å². The summed E-state index contributed by atoms with van der Waals surface area (Å²) in [6, 6.07) is 14.9. The molecule has 1 aliphatic carbocycles. The van der Waals surface area contributed by atoms with Gasteiger partial charge in [-0.25, -0.2) is 9.59 Å². The van der Waals surface area contributed by atoms with Crippen molar-refractivity contribution < 1.29 is 29.3 Å². The monoisotopic (exact) mass is 440 g/mol. The number of carboxylic acid groups (broad SMARTS) is 1. The number of hydrogen-bond acceptors (Lipinski definition) is 5. The summed E-state index contributed by atoms with van der Waals surface area (Å²) in [6.07, 6.45) is -0.318.